The van der Waals surface area contributed by atoms with Gasteiger partial charge in [0.25, 0.3) is 5.91 Å². The molecule has 0 radical (unpaired) electrons. The molecule has 0 aromatic heterocycles. The van der Waals surface area contributed by atoms with E-state index >= 15 is 0 Å². The largest absolute Gasteiger partial charge is 0.488 e. The molecule has 2 aromatic carbocycles. The summed E-state index contributed by atoms with van der Waals surface area (Å²) in [6.07, 6.45) is 0. The Morgan fingerprint density at radius 2 is 1.90 bits per heavy atom. The molecule has 20 heavy (non-hydrogen) atoms. The van der Waals surface area contributed by atoms with E-state index in [0.717, 1.165) is 5.56 Å². The van der Waals surface area contributed by atoms with Crippen molar-refractivity contribution in [2.75, 3.05) is 5.32 Å². The Balaban J connectivity index is 2.24. The molecule has 102 valence electrons. The summed E-state index contributed by atoms with van der Waals surface area (Å²) in [5.41, 5.74) is 2.01. The standard InChI is InChI=1S/C14H13BClNO3/c1-9-12(16)6-3-7-13(9)17-14(18)10-4-2-5-11(8-10)15(19)20/h2-8,19-20H,1H3,(H,17,18). The summed E-state index contributed by atoms with van der Waals surface area (Å²) in [6, 6.07) is 11.4. The van der Waals surface area contributed by atoms with Gasteiger partial charge in [0.1, 0.15) is 0 Å². The molecular weight excluding hydrogens is 276 g/mol. The number of halogens is 1. The Morgan fingerprint density at radius 3 is 2.60 bits per heavy atom. The maximum Gasteiger partial charge on any atom is 0.488 e. The number of nitrogens with one attached hydrogen (secondary N) is 1. The zero-order valence-electron chi connectivity index (χ0n) is 10.8. The van der Waals surface area contributed by atoms with E-state index in [-0.39, 0.29) is 11.4 Å². The van der Waals surface area contributed by atoms with Gasteiger partial charge in [-0.1, -0.05) is 29.8 Å². The number of carbonyl (C=O) groups is 1. The summed E-state index contributed by atoms with van der Waals surface area (Å²) in [6.45, 7) is 1.81. The van der Waals surface area contributed by atoms with Crippen LogP contribution in [0.1, 0.15) is 15.9 Å². The van der Waals surface area contributed by atoms with Gasteiger partial charge in [0.05, 0.1) is 0 Å². The summed E-state index contributed by atoms with van der Waals surface area (Å²) in [5, 5.41) is 21.5. The molecule has 0 spiro atoms. The lowest BCUT2D eigenvalue weighted by Crippen LogP contribution is -2.30. The van der Waals surface area contributed by atoms with E-state index in [0.29, 0.717) is 16.3 Å². The molecule has 1 amide bonds. The van der Waals surface area contributed by atoms with Crippen LogP contribution < -0.4 is 10.8 Å². The van der Waals surface area contributed by atoms with E-state index in [4.69, 9.17) is 21.6 Å². The average molecular weight is 290 g/mol. The van der Waals surface area contributed by atoms with Gasteiger partial charge in [-0.15, -0.1) is 0 Å². The van der Waals surface area contributed by atoms with Crippen LogP contribution in [0.2, 0.25) is 5.02 Å². The molecule has 0 heterocycles. The highest BCUT2D eigenvalue weighted by Gasteiger charge is 2.14. The maximum atomic E-state index is 12.1. The highest BCUT2D eigenvalue weighted by atomic mass is 35.5. The van der Waals surface area contributed by atoms with Crippen LogP contribution in [0.3, 0.4) is 0 Å². The lowest BCUT2D eigenvalue weighted by atomic mass is 9.79. The lowest BCUT2D eigenvalue weighted by molar-refractivity contribution is 0.102. The van der Waals surface area contributed by atoms with Crippen molar-refractivity contribution in [3.8, 4) is 0 Å². The van der Waals surface area contributed by atoms with Crippen LogP contribution in [-0.2, 0) is 0 Å². The Hall–Kier alpha value is -1.82. The highest BCUT2D eigenvalue weighted by molar-refractivity contribution is 6.58. The molecule has 2 rings (SSSR count). The van der Waals surface area contributed by atoms with Gasteiger partial charge in [0.15, 0.2) is 0 Å². The molecule has 0 aliphatic rings. The predicted molar refractivity (Wildman–Crippen MR) is 80.4 cm³/mol. The van der Waals surface area contributed by atoms with E-state index in [9.17, 15) is 4.79 Å². The number of amides is 1. The van der Waals surface area contributed by atoms with Gasteiger partial charge in [-0.2, -0.15) is 0 Å². The molecular formula is C14H13BClNO3. The van der Waals surface area contributed by atoms with Crippen molar-refractivity contribution in [3.05, 3.63) is 58.6 Å². The van der Waals surface area contributed by atoms with E-state index < -0.39 is 7.12 Å². The highest BCUT2D eigenvalue weighted by Crippen LogP contribution is 2.23. The van der Waals surface area contributed by atoms with Crippen molar-refractivity contribution in [2.24, 2.45) is 0 Å². The van der Waals surface area contributed by atoms with Crippen molar-refractivity contribution in [2.45, 2.75) is 6.92 Å². The molecule has 0 atom stereocenters. The zero-order chi connectivity index (χ0) is 14.7. The first kappa shape index (κ1) is 14.6. The molecule has 0 bridgehead atoms. The maximum absolute atomic E-state index is 12.1. The lowest BCUT2D eigenvalue weighted by Gasteiger charge is -2.10. The Kier molecular flexibility index (Phi) is 4.44. The fourth-order valence-corrected chi connectivity index (χ4v) is 1.95. The van der Waals surface area contributed by atoms with Crippen LogP contribution in [-0.4, -0.2) is 23.1 Å². The van der Waals surface area contributed by atoms with Crippen molar-refractivity contribution in [1.82, 2.24) is 0 Å². The zero-order valence-corrected chi connectivity index (χ0v) is 11.6. The van der Waals surface area contributed by atoms with Crippen LogP contribution in [0.25, 0.3) is 0 Å². The van der Waals surface area contributed by atoms with E-state index in [2.05, 4.69) is 5.32 Å². The monoisotopic (exact) mass is 289 g/mol. The van der Waals surface area contributed by atoms with Gasteiger partial charge in [0, 0.05) is 16.3 Å². The summed E-state index contributed by atoms with van der Waals surface area (Å²) in [4.78, 5) is 12.1. The van der Waals surface area contributed by atoms with Crippen molar-refractivity contribution in [1.29, 1.82) is 0 Å². The summed E-state index contributed by atoms with van der Waals surface area (Å²) in [5.74, 6) is -0.335. The van der Waals surface area contributed by atoms with Gasteiger partial charge in [-0.05, 0) is 42.2 Å². The topological polar surface area (TPSA) is 69.6 Å². The van der Waals surface area contributed by atoms with Crippen LogP contribution in [0.4, 0.5) is 5.69 Å². The number of carbonyl (C=O) groups excluding carboxylic acids is 1. The van der Waals surface area contributed by atoms with E-state index in [1.54, 1.807) is 30.3 Å². The normalized spacial score (nSPS) is 10.2. The van der Waals surface area contributed by atoms with E-state index in [1.165, 1.54) is 12.1 Å². The average Bonchev–Trinajstić information content (AvgIpc) is 2.44. The number of anilines is 1. The predicted octanol–water partition coefficient (Wildman–Crippen LogP) is 1.58. The first-order valence-corrected chi connectivity index (χ1v) is 6.39. The van der Waals surface area contributed by atoms with Crippen LogP contribution in [0.15, 0.2) is 42.5 Å². The van der Waals surface area contributed by atoms with Gasteiger partial charge < -0.3 is 15.4 Å². The minimum atomic E-state index is -1.60. The second-order valence-corrected chi connectivity index (χ2v) is 4.77. The third kappa shape index (κ3) is 3.19. The third-order valence-electron chi connectivity index (χ3n) is 2.96. The van der Waals surface area contributed by atoms with Crippen molar-refractivity contribution in [3.63, 3.8) is 0 Å². The fourth-order valence-electron chi connectivity index (χ4n) is 1.78. The third-order valence-corrected chi connectivity index (χ3v) is 3.37. The van der Waals surface area contributed by atoms with Gasteiger partial charge >= 0.3 is 7.12 Å². The molecule has 0 aliphatic heterocycles. The van der Waals surface area contributed by atoms with Crippen LogP contribution in [0.5, 0.6) is 0 Å². The fraction of sp³-hybridized carbons (Fsp3) is 0.0714. The Labute approximate surface area is 122 Å². The molecule has 0 saturated heterocycles. The molecule has 4 nitrogen and oxygen atoms in total. The molecule has 0 fully saturated rings. The quantitative estimate of drug-likeness (QED) is 0.751. The number of hydrogen-bond acceptors (Lipinski definition) is 3. The smallest absolute Gasteiger partial charge is 0.423 e. The number of rotatable bonds is 3. The molecule has 3 N–H and O–H groups in total. The van der Waals surface area contributed by atoms with Crippen molar-refractivity contribution < 1.29 is 14.8 Å². The molecule has 6 heteroatoms. The van der Waals surface area contributed by atoms with Crippen LogP contribution in [0, 0.1) is 6.92 Å². The van der Waals surface area contributed by atoms with Gasteiger partial charge in [-0.3, -0.25) is 4.79 Å². The second-order valence-electron chi connectivity index (χ2n) is 4.37. The minimum absolute atomic E-state index is 0.264. The summed E-state index contributed by atoms with van der Waals surface area (Å²) >= 11 is 5.99. The summed E-state index contributed by atoms with van der Waals surface area (Å²) < 4.78 is 0. The van der Waals surface area contributed by atoms with Crippen LogP contribution >= 0.6 is 11.6 Å². The number of hydrogen-bond donors (Lipinski definition) is 3. The van der Waals surface area contributed by atoms with Gasteiger partial charge in [0.2, 0.25) is 0 Å². The number of benzene rings is 2. The second kappa shape index (κ2) is 6.09. The molecule has 0 unspecified atom stereocenters. The first-order valence-electron chi connectivity index (χ1n) is 6.01. The Bertz CT molecular complexity index is 646. The van der Waals surface area contributed by atoms with Crippen molar-refractivity contribution >= 4 is 35.8 Å². The molecule has 2 aromatic rings. The van der Waals surface area contributed by atoms with E-state index in [1.807, 2.05) is 6.92 Å². The summed E-state index contributed by atoms with van der Waals surface area (Å²) in [7, 11) is -1.60. The minimum Gasteiger partial charge on any atom is -0.423 e. The van der Waals surface area contributed by atoms with Gasteiger partial charge in [-0.25, -0.2) is 0 Å². The first-order chi connectivity index (χ1) is 9.49. The Morgan fingerprint density at radius 1 is 1.20 bits per heavy atom. The SMILES string of the molecule is Cc1c(Cl)cccc1NC(=O)c1cccc(B(O)O)c1. The molecule has 0 aliphatic carbocycles. The molecule has 0 saturated carbocycles.